The maximum Gasteiger partial charge on any atom is 0.227 e. The number of fused-ring (bicyclic) bond motifs is 1. The molecule has 0 aliphatic carbocycles. The molecule has 1 aliphatic rings. The van der Waals surface area contributed by atoms with Crippen molar-refractivity contribution in [2.24, 2.45) is 5.92 Å². The van der Waals surface area contributed by atoms with Crippen molar-refractivity contribution in [2.45, 2.75) is 45.8 Å². The van der Waals surface area contributed by atoms with Crippen LogP contribution in [0.15, 0.2) is 36.7 Å². The molecule has 1 aliphatic heterocycles. The van der Waals surface area contributed by atoms with Crippen LogP contribution in [0.1, 0.15) is 50.3 Å². The molecule has 0 bridgehead atoms. The van der Waals surface area contributed by atoms with Gasteiger partial charge in [0.1, 0.15) is 6.61 Å². The summed E-state index contributed by atoms with van der Waals surface area (Å²) in [5, 5.41) is 5.85. The third kappa shape index (κ3) is 4.62. The van der Waals surface area contributed by atoms with Gasteiger partial charge in [-0.2, -0.15) is 5.10 Å². The van der Waals surface area contributed by atoms with E-state index in [9.17, 15) is 0 Å². The standard InChI is InChI=1S/C24H26IN3O2/c1-3-4-6-19-13-20-15-27-28(17(2)18-8-11-29-12-9-18)23(20)14-21(19)16-30-24-22(25)7-5-10-26-24/h5,7,10,13-15,17-18H,3,8-9,11-12,16H2,1-2H3. The van der Waals surface area contributed by atoms with E-state index in [-0.39, 0.29) is 0 Å². The Balaban J connectivity index is 1.68. The van der Waals surface area contributed by atoms with E-state index in [2.05, 4.69) is 70.1 Å². The molecular formula is C24H26IN3O2. The fraction of sp³-hybridized carbons (Fsp3) is 0.417. The zero-order chi connectivity index (χ0) is 20.9. The van der Waals surface area contributed by atoms with E-state index in [1.165, 1.54) is 0 Å². The lowest BCUT2D eigenvalue weighted by Crippen LogP contribution is -2.24. The molecule has 5 nitrogen and oxygen atoms in total. The van der Waals surface area contributed by atoms with Crippen LogP contribution in [0.3, 0.4) is 0 Å². The first-order valence-corrected chi connectivity index (χ1v) is 11.5. The Labute approximate surface area is 191 Å². The van der Waals surface area contributed by atoms with E-state index in [0.717, 1.165) is 58.1 Å². The van der Waals surface area contributed by atoms with Crippen LogP contribution in [0.2, 0.25) is 0 Å². The smallest absolute Gasteiger partial charge is 0.227 e. The van der Waals surface area contributed by atoms with Crippen molar-refractivity contribution in [2.75, 3.05) is 13.2 Å². The molecule has 0 radical (unpaired) electrons. The van der Waals surface area contributed by atoms with Crippen LogP contribution in [0.25, 0.3) is 10.9 Å². The van der Waals surface area contributed by atoms with Crippen molar-refractivity contribution in [1.29, 1.82) is 0 Å². The topological polar surface area (TPSA) is 49.2 Å². The highest BCUT2D eigenvalue weighted by atomic mass is 127. The zero-order valence-corrected chi connectivity index (χ0v) is 19.6. The highest BCUT2D eigenvalue weighted by Crippen LogP contribution is 2.31. The number of nitrogens with zero attached hydrogens (tertiary/aromatic N) is 3. The van der Waals surface area contributed by atoms with Crippen LogP contribution in [0.5, 0.6) is 5.88 Å². The predicted octanol–water partition coefficient (Wildman–Crippen LogP) is 5.36. The van der Waals surface area contributed by atoms with Gasteiger partial charge in [0.05, 0.1) is 21.3 Å². The predicted molar refractivity (Wildman–Crippen MR) is 126 cm³/mol. The first kappa shape index (κ1) is 21.1. The summed E-state index contributed by atoms with van der Waals surface area (Å²) < 4.78 is 14.8. The van der Waals surface area contributed by atoms with E-state index in [1.807, 2.05) is 18.3 Å². The second kappa shape index (κ2) is 9.80. The monoisotopic (exact) mass is 515 g/mol. The number of halogens is 1. The molecule has 0 spiro atoms. The molecule has 1 saturated heterocycles. The van der Waals surface area contributed by atoms with Gasteiger partial charge < -0.3 is 9.47 Å². The Bertz CT molecular complexity index is 1080. The SMILES string of the molecule is CCC#Cc1cc2cnn(C(C)C3CCOCC3)c2cc1COc1ncccc1I. The summed E-state index contributed by atoms with van der Waals surface area (Å²) in [6, 6.07) is 8.56. The molecule has 0 N–H and O–H groups in total. The average molecular weight is 515 g/mol. The highest BCUT2D eigenvalue weighted by molar-refractivity contribution is 14.1. The lowest BCUT2D eigenvalue weighted by Gasteiger charge is -2.28. The molecule has 3 heterocycles. The van der Waals surface area contributed by atoms with Gasteiger partial charge in [-0.15, -0.1) is 0 Å². The van der Waals surface area contributed by atoms with E-state index in [4.69, 9.17) is 14.6 Å². The maximum atomic E-state index is 6.05. The summed E-state index contributed by atoms with van der Waals surface area (Å²) in [4.78, 5) is 4.35. The molecule has 30 heavy (non-hydrogen) atoms. The van der Waals surface area contributed by atoms with Crippen molar-refractivity contribution in [3.8, 4) is 17.7 Å². The molecule has 2 aromatic heterocycles. The molecule has 3 aromatic rings. The average Bonchev–Trinajstić information content (AvgIpc) is 3.19. The molecule has 156 valence electrons. The number of pyridine rings is 1. The van der Waals surface area contributed by atoms with Crippen molar-refractivity contribution in [3.63, 3.8) is 0 Å². The lowest BCUT2D eigenvalue weighted by molar-refractivity contribution is 0.0502. The second-order valence-corrected chi connectivity index (χ2v) is 8.74. The highest BCUT2D eigenvalue weighted by Gasteiger charge is 2.24. The minimum absolute atomic E-state index is 0.324. The fourth-order valence-corrected chi connectivity index (χ4v) is 4.40. The first-order valence-electron chi connectivity index (χ1n) is 10.5. The van der Waals surface area contributed by atoms with Crippen LogP contribution in [0, 0.1) is 21.3 Å². The van der Waals surface area contributed by atoms with Gasteiger partial charge in [-0.05, 0) is 72.5 Å². The summed E-state index contributed by atoms with van der Waals surface area (Å²) in [5.74, 6) is 7.73. The lowest BCUT2D eigenvalue weighted by atomic mass is 9.93. The number of hydrogen-bond acceptors (Lipinski definition) is 4. The van der Waals surface area contributed by atoms with Gasteiger partial charge in [0.15, 0.2) is 0 Å². The van der Waals surface area contributed by atoms with Crippen molar-refractivity contribution < 1.29 is 9.47 Å². The summed E-state index contributed by atoms with van der Waals surface area (Å²) in [6.45, 7) is 6.43. The van der Waals surface area contributed by atoms with E-state index in [1.54, 1.807) is 6.20 Å². The van der Waals surface area contributed by atoms with Crippen LogP contribution in [-0.4, -0.2) is 28.0 Å². The van der Waals surface area contributed by atoms with E-state index in [0.29, 0.717) is 24.4 Å². The maximum absolute atomic E-state index is 6.05. The minimum Gasteiger partial charge on any atom is -0.472 e. The number of hydrogen-bond donors (Lipinski definition) is 0. The number of rotatable bonds is 5. The van der Waals surface area contributed by atoms with E-state index >= 15 is 0 Å². The van der Waals surface area contributed by atoms with Gasteiger partial charge in [0, 0.05) is 42.3 Å². The van der Waals surface area contributed by atoms with Gasteiger partial charge in [-0.25, -0.2) is 4.98 Å². The largest absolute Gasteiger partial charge is 0.472 e. The van der Waals surface area contributed by atoms with Crippen molar-refractivity contribution in [1.82, 2.24) is 14.8 Å². The molecule has 0 saturated carbocycles. The summed E-state index contributed by atoms with van der Waals surface area (Å²) in [7, 11) is 0. The number of benzene rings is 1. The third-order valence-corrected chi connectivity index (χ3v) is 6.46. The number of aromatic nitrogens is 3. The first-order chi connectivity index (χ1) is 14.7. The van der Waals surface area contributed by atoms with Gasteiger partial charge in [-0.3, -0.25) is 4.68 Å². The Kier molecular flexibility index (Phi) is 6.90. The van der Waals surface area contributed by atoms with Crippen molar-refractivity contribution >= 4 is 33.5 Å². The number of ether oxygens (including phenoxy) is 2. The molecule has 4 rings (SSSR count). The zero-order valence-electron chi connectivity index (χ0n) is 17.4. The normalized spacial score (nSPS) is 15.6. The second-order valence-electron chi connectivity index (χ2n) is 7.58. The van der Waals surface area contributed by atoms with Gasteiger partial charge in [-0.1, -0.05) is 18.8 Å². The van der Waals surface area contributed by atoms with E-state index < -0.39 is 0 Å². The summed E-state index contributed by atoms with van der Waals surface area (Å²) in [5.41, 5.74) is 3.18. The van der Waals surface area contributed by atoms with Crippen LogP contribution >= 0.6 is 22.6 Å². The Morgan fingerprint density at radius 2 is 2.17 bits per heavy atom. The van der Waals surface area contributed by atoms with Gasteiger partial charge in [0.25, 0.3) is 0 Å². The Morgan fingerprint density at radius 1 is 1.33 bits per heavy atom. The Hall–Kier alpha value is -2.11. The van der Waals surface area contributed by atoms with Gasteiger partial charge >= 0.3 is 0 Å². The molecule has 0 amide bonds. The van der Waals surface area contributed by atoms with Crippen LogP contribution in [-0.2, 0) is 11.3 Å². The summed E-state index contributed by atoms with van der Waals surface area (Å²) >= 11 is 2.25. The molecular weight excluding hydrogens is 489 g/mol. The quantitative estimate of drug-likeness (QED) is 0.339. The summed E-state index contributed by atoms with van der Waals surface area (Å²) in [6.07, 6.45) is 6.68. The Morgan fingerprint density at radius 3 is 2.93 bits per heavy atom. The molecule has 1 fully saturated rings. The van der Waals surface area contributed by atoms with Crippen LogP contribution in [0.4, 0.5) is 0 Å². The van der Waals surface area contributed by atoms with Crippen molar-refractivity contribution in [3.05, 3.63) is 51.4 Å². The third-order valence-electron chi connectivity index (χ3n) is 5.64. The molecule has 1 unspecified atom stereocenters. The molecule has 1 aromatic carbocycles. The van der Waals surface area contributed by atoms with Gasteiger partial charge in [0.2, 0.25) is 5.88 Å². The fourth-order valence-electron chi connectivity index (χ4n) is 3.90. The molecule has 6 heteroatoms. The van der Waals surface area contributed by atoms with Crippen LogP contribution < -0.4 is 4.74 Å². The molecule has 1 atom stereocenters. The minimum atomic E-state index is 0.324.